The van der Waals surface area contributed by atoms with E-state index >= 15 is 0 Å². The third-order valence-electron chi connectivity index (χ3n) is 4.35. The summed E-state index contributed by atoms with van der Waals surface area (Å²) in [6, 6.07) is 2.19. The first-order valence-electron chi connectivity index (χ1n) is 7.38. The molecular formula is C15H23N3. The molecule has 2 fully saturated rings. The Labute approximate surface area is 109 Å². The lowest BCUT2D eigenvalue weighted by Crippen LogP contribution is -2.40. The minimum absolute atomic E-state index is 0.257. The van der Waals surface area contributed by atoms with Gasteiger partial charge in [-0.25, -0.2) is 9.97 Å². The van der Waals surface area contributed by atoms with Crippen molar-refractivity contribution in [2.45, 2.75) is 69.7 Å². The fourth-order valence-electron chi connectivity index (χ4n) is 2.92. The molecule has 3 heteroatoms. The Morgan fingerprint density at radius 1 is 1.22 bits per heavy atom. The topological polar surface area (TPSA) is 51.8 Å². The van der Waals surface area contributed by atoms with E-state index in [9.17, 15) is 0 Å². The number of rotatable bonds is 3. The smallest absolute Gasteiger partial charge is 0.148 e. The lowest BCUT2D eigenvalue weighted by molar-refractivity contribution is 0.285. The number of hydrogen-bond acceptors (Lipinski definition) is 3. The molecule has 2 aliphatic carbocycles. The van der Waals surface area contributed by atoms with Crippen molar-refractivity contribution >= 4 is 0 Å². The Morgan fingerprint density at radius 3 is 2.56 bits per heavy atom. The van der Waals surface area contributed by atoms with Gasteiger partial charge in [-0.15, -0.1) is 0 Å². The molecular weight excluding hydrogens is 222 g/mol. The van der Waals surface area contributed by atoms with E-state index in [1.807, 2.05) is 0 Å². The molecule has 2 saturated carbocycles. The zero-order valence-electron chi connectivity index (χ0n) is 11.3. The molecule has 2 aliphatic rings. The number of nitrogens with two attached hydrogens (primary N) is 1. The predicted octanol–water partition coefficient (Wildman–Crippen LogP) is 3.03. The summed E-state index contributed by atoms with van der Waals surface area (Å²) in [5, 5.41) is 0. The first-order chi connectivity index (χ1) is 8.71. The molecule has 2 N–H and O–H groups in total. The van der Waals surface area contributed by atoms with Crippen LogP contribution in [0.1, 0.15) is 75.0 Å². The molecule has 0 saturated heterocycles. The molecule has 0 aromatic carbocycles. The average molecular weight is 245 g/mol. The molecule has 0 amide bonds. The minimum Gasteiger partial charge on any atom is -0.319 e. The normalized spacial score (nSPS) is 23.0. The lowest BCUT2D eigenvalue weighted by Gasteiger charge is -2.32. The van der Waals surface area contributed by atoms with E-state index in [-0.39, 0.29) is 5.54 Å². The van der Waals surface area contributed by atoms with Crippen LogP contribution < -0.4 is 5.73 Å². The fraction of sp³-hybridized carbons (Fsp3) is 0.733. The molecule has 3 rings (SSSR count). The van der Waals surface area contributed by atoms with E-state index in [1.165, 1.54) is 37.8 Å². The minimum atomic E-state index is -0.257. The number of aryl methyl sites for hydroxylation is 1. The molecule has 3 nitrogen and oxygen atoms in total. The Morgan fingerprint density at radius 2 is 1.94 bits per heavy atom. The second kappa shape index (κ2) is 4.61. The van der Waals surface area contributed by atoms with Gasteiger partial charge in [0.15, 0.2) is 0 Å². The molecule has 0 spiro atoms. The van der Waals surface area contributed by atoms with E-state index < -0.39 is 0 Å². The maximum Gasteiger partial charge on any atom is 0.148 e. The van der Waals surface area contributed by atoms with E-state index in [0.717, 1.165) is 30.8 Å². The van der Waals surface area contributed by atoms with Crippen LogP contribution in [0.2, 0.25) is 0 Å². The molecule has 1 heterocycles. The largest absolute Gasteiger partial charge is 0.319 e. The molecule has 0 atom stereocenters. The maximum absolute atomic E-state index is 6.57. The van der Waals surface area contributed by atoms with E-state index in [0.29, 0.717) is 5.92 Å². The maximum atomic E-state index is 6.57. The Kier molecular flexibility index (Phi) is 3.10. The van der Waals surface area contributed by atoms with Crippen LogP contribution in [0.4, 0.5) is 0 Å². The van der Waals surface area contributed by atoms with E-state index in [2.05, 4.69) is 13.0 Å². The summed E-state index contributed by atoms with van der Waals surface area (Å²) in [6.07, 6.45) is 9.39. The molecule has 98 valence electrons. The number of nitrogens with zero attached hydrogens (tertiary/aromatic N) is 2. The summed E-state index contributed by atoms with van der Waals surface area (Å²) in [6.45, 7) is 2.16. The summed E-state index contributed by atoms with van der Waals surface area (Å²) in [5.41, 5.74) is 8.72. The highest BCUT2D eigenvalue weighted by molar-refractivity contribution is 5.22. The second-order valence-electron chi connectivity index (χ2n) is 5.95. The summed E-state index contributed by atoms with van der Waals surface area (Å²) in [5.74, 6) is 1.60. The number of aromatic nitrogens is 2. The quantitative estimate of drug-likeness (QED) is 0.890. The van der Waals surface area contributed by atoms with Gasteiger partial charge in [0, 0.05) is 17.3 Å². The second-order valence-corrected chi connectivity index (χ2v) is 5.95. The van der Waals surface area contributed by atoms with Crippen LogP contribution in [-0.4, -0.2) is 9.97 Å². The van der Waals surface area contributed by atoms with E-state index in [4.69, 9.17) is 15.7 Å². The third-order valence-corrected chi connectivity index (χ3v) is 4.35. The summed E-state index contributed by atoms with van der Waals surface area (Å²) < 4.78 is 0. The van der Waals surface area contributed by atoms with Gasteiger partial charge in [0.05, 0.1) is 5.54 Å². The van der Waals surface area contributed by atoms with Crippen LogP contribution in [0.3, 0.4) is 0 Å². The van der Waals surface area contributed by atoms with Crippen molar-refractivity contribution in [2.24, 2.45) is 5.73 Å². The van der Waals surface area contributed by atoms with Gasteiger partial charge in [0.1, 0.15) is 5.82 Å². The summed E-state index contributed by atoms with van der Waals surface area (Å²) in [4.78, 5) is 9.52. The van der Waals surface area contributed by atoms with Crippen molar-refractivity contribution in [2.75, 3.05) is 0 Å². The molecule has 0 aliphatic heterocycles. The Balaban J connectivity index is 1.96. The SMILES string of the molecule is CCc1cc(C2CC2)nc(C2(N)CCCCC2)n1. The molecule has 0 unspecified atom stereocenters. The van der Waals surface area contributed by atoms with Gasteiger partial charge in [-0.1, -0.05) is 26.2 Å². The summed E-state index contributed by atoms with van der Waals surface area (Å²) >= 11 is 0. The molecule has 0 radical (unpaired) electrons. The first kappa shape index (κ1) is 12.1. The predicted molar refractivity (Wildman–Crippen MR) is 72.3 cm³/mol. The highest BCUT2D eigenvalue weighted by Gasteiger charge is 2.34. The van der Waals surface area contributed by atoms with Crippen LogP contribution in [0.25, 0.3) is 0 Å². The standard InChI is InChI=1S/C15H23N3/c1-2-12-10-13(11-6-7-11)18-14(17-12)15(16)8-4-3-5-9-15/h10-11H,2-9,16H2,1H3. The molecule has 18 heavy (non-hydrogen) atoms. The fourth-order valence-corrected chi connectivity index (χ4v) is 2.92. The zero-order chi connectivity index (χ0) is 12.6. The summed E-state index contributed by atoms with van der Waals surface area (Å²) in [7, 11) is 0. The molecule has 0 bridgehead atoms. The monoisotopic (exact) mass is 245 g/mol. The van der Waals surface area contributed by atoms with Gasteiger partial charge in [-0.3, -0.25) is 0 Å². The molecule has 1 aromatic rings. The first-order valence-corrected chi connectivity index (χ1v) is 7.38. The van der Waals surface area contributed by atoms with Crippen LogP contribution in [0.15, 0.2) is 6.07 Å². The third kappa shape index (κ3) is 2.28. The van der Waals surface area contributed by atoms with Crippen LogP contribution in [0, 0.1) is 0 Å². The van der Waals surface area contributed by atoms with Gasteiger partial charge in [0.25, 0.3) is 0 Å². The van der Waals surface area contributed by atoms with Crippen molar-refractivity contribution in [3.05, 3.63) is 23.3 Å². The van der Waals surface area contributed by atoms with Crippen molar-refractivity contribution in [3.8, 4) is 0 Å². The van der Waals surface area contributed by atoms with Gasteiger partial charge < -0.3 is 5.73 Å². The van der Waals surface area contributed by atoms with Crippen molar-refractivity contribution in [3.63, 3.8) is 0 Å². The van der Waals surface area contributed by atoms with E-state index in [1.54, 1.807) is 0 Å². The Bertz CT molecular complexity index is 431. The molecule has 1 aromatic heterocycles. The number of hydrogen-bond donors (Lipinski definition) is 1. The Hall–Kier alpha value is -0.960. The van der Waals surface area contributed by atoms with Crippen LogP contribution in [-0.2, 0) is 12.0 Å². The van der Waals surface area contributed by atoms with Crippen LogP contribution >= 0.6 is 0 Å². The van der Waals surface area contributed by atoms with Crippen LogP contribution in [0.5, 0.6) is 0 Å². The highest BCUT2D eigenvalue weighted by atomic mass is 15.0. The highest BCUT2D eigenvalue weighted by Crippen LogP contribution is 2.40. The average Bonchev–Trinajstić information content (AvgIpc) is 3.23. The lowest BCUT2D eigenvalue weighted by atomic mass is 9.82. The van der Waals surface area contributed by atoms with Crippen molar-refractivity contribution in [1.82, 2.24) is 9.97 Å². The van der Waals surface area contributed by atoms with Gasteiger partial charge >= 0.3 is 0 Å². The van der Waals surface area contributed by atoms with Gasteiger partial charge in [-0.05, 0) is 38.2 Å². The van der Waals surface area contributed by atoms with Crippen molar-refractivity contribution < 1.29 is 0 Å². The van der Waals surface area contributed by atoms with Gasteiger partial charge in [-0.2, -0.15) is 0 Å². The van der Waals surface area contributed by atoms with Crippen molar-refractivity contribution in [1.29, 1.82) is 0 Å². The van der Waals surface area contributed by atoms with Gasteiger partial charge in [0.2, 0.25) is 0 Å². The zero-order valence-corrected chi connectivity index (χ0v) is 11.3.